The summed E-state index contributed by atoms with van der Waals surface area (Å²) in [4.78, 5) is 22.6. The van der Waals surface area contributed by atoms with Gasteiger partial charge in [-0.15, -0.1) is 5.10 Å². The zero-order valence-corrected chi connectivity index (χ0v) is 20.8. The van der Waals surface area contributed by atoms with Gasteiger partial charge in [0.1, 0.15) is 5.82 Å². The lowest BCUT2D eigenvalue weighted by atomic mass is 10.1. The molecule has 0 spiro atoms. The molecule has 188 valence electrons. The number of fused-ring (bicyclic) bond motifs is 1. The molecule has 0 bridgehead atoms. The van der Waals surface area contributed by atoms with Crippen molar-refractivity contribution in [2.45, 2.75) is 45.9 Å². The second-order valence-electron chi connectivity index (χ2n) is 9.23. The zero-order valence-electron chi connectivity index (χ0n) is 20.8. The monoisotopic (exact) mass is 497 g/mol. The maximum Gasteiger partial charge on any atom is 0.252 e. The molecule has 8 nitrogen and oxygen atoms in total. The van der Waals surface area contributed by atoms with Crippen LogP contribution >= 0.6 is 0 Å². The molecule has 5 rings (SSSR count). The van der Waals surface area contributed by atoms with E-state index in [0.29, 0.717) is 37.4 Å². The number of hydrogen-bond acceptors (Lipinski definition) is 6. The Bertz CT molecular complexity index is 1550. The summed E-state index contributed by atoms with van der Waals surface area (Å²) in [6, 6.07) is 18.0. The summed E-state index contributed by atoms with van der Waals surface area (Å²) in [6.07, 6.45) is 4.29. The Hall–Kier alpha value is -4.24. The first kappa shape index (κ1) is 24.5. The molecule has 3 heterocycles. The molecule has 2 aromatic carbocycles. The molecule has 0 unspecified atom stereocenters. The predicted octanol–water partition coefficient (Wildman–Crippen LogP) is 4.56. The number of aryl methyl sites for hydroxylation is 1. The highest BCUT2D eigenvalue weighted by atomic mass is 19.1. The molecule has 0 fully saturated rings. The molecule has 0 aliphatic rings. The molecular weight excluding hydrogens is 469 g/mol. The fraction of sp³-hybridized carbons (Fsp3) is 0.250. The number of hydrogen-bond donors (Lipinski definition) is 1. The van der Waals surface area contributed by atoms with Crippen LogP contribution in [-0.2, 0) is 19.6 Å². The van der Waals surface area contributed by atoms with Gasteiger partial charge in [-0.3, -0.25) is 14.7 Å². The van der Waals surface area contributed by atoms with Gasteiger partial charge < -0.3 is 4.98 Å². The molecule has 3 aromatic heterocycles. The Morgan fingerprint density at radius 1 is 1.05 bits per heavy atom. The second kappa shape index (κ2) is 10.8. The highest BCUT2D eigenvalue weighted by molar-refractivity contribution is 5.79. The van der Waals surface area contributed by atoms with E-state index >= 15 is 0 Å². The average molecular weight is 498 g/mol. The molecule has 0 aliphatic heterocycles. The maximum absolute atomic E-state index is 13.4. The van der Waals surface area contributed by atoms with Crippen LogP contribution in [0.4, 0.5) is 4.39 Å². The molecule has 5 aromatic rings. The van der Waals surface area contributed by atoms with Crippen molar-refractivity contribution in [3.05, 3.63) is 117 Å². The van der Waals surface area contributed by atoms with Crippen molar-refractivity contribution < 1.29 is 4.39 Å². The van der Waals surface area contributed by atoms with Gasteiger partial charge in [0.2, 0.25) is 0 Å². The van der Waals surface area contributed by atoms with Crippen molar-refractivity contribution in [1.29, 1.82) is 0 Å². The van der Waals surface area contributed by atoms with Gasteiger partial charge in [-0.2, -0.15) is 0 Å². The molecule has 1 N–H and O–H groups in total. The Kier molecular flexibility index (Phi) is 7.14. The van der Waals surface area contributed by atoms with E-state index in [9.17, 15) is 9.18 Å². The minimum absolute atomic E-state index is 0.117. The number of H-pyrrole nitrogens is 1. The van der Waals surface area contributed by atoms with Crippen LogP contribution in [0.1, 0.15) is 47.5 Å². The molecular formula is C28H28FN7O. The normalized spacial score (nSPS) is 12.3. The molecule has 1 atom stereocenters. The highest BCUT2D eigenvalue weighted by Crippen LogP contribution is 2.27. The summed E-state index contributed by atoms with van der Waals surface area (Å²) in [5.41, 5.74) is 4.40. The number of nitrogens with one attached hydrogen (secondary N) is 1. The number of aromatic amines is 1. The fourth-order valence-electron chi connectivity index (χ4n) is 4.64. The smallest absolute Gasteiger partial charge is 0.252 e. The van der Waals surface area contributed by atoms with E-state index in [0.717, 1.165) is 27.6 Å². The largest absolute Gasteiger partial charge is 0.322 e. The van der Waals surface area contributed by atoms with Crippen LogP contribution in [0.25, 0.3) is 10.9 Å². The third kappa shape index (κ3) is 5.62. The second-order valence-corrected chi connectivity index (χ2v) is 9.23. The summed E-state index contributed by atoms with van der Waals surface area (Å²) >= 11 is 0. The average Bonchev–Trinajstić information content (AvgIpc) is 3.35. The van der Waals surface area contributed by atoms with Crippen LogP contribution in [0.2, 0.25) is 0 Å². The van der Waals surface area contributed by atoms with Gasteiger partial charge in [0.05, 0.1) is 12.6 Å². The van der Waals surface area contributed by atoms with E-state index in [2.05, 4.69) is 43.4 Å². The molecule has 37 heavy (non-hydrogen) atoms. The molecule has 0 amide bonds. The third-order valence-corrected chi connectivity index (χ3v) is 6.49. The first-order chi connectivity index (χ1) is 18.0. The van der Waals surface area contributed by atoms with Gasteiger partial charge in [-0.1, -0.05) is 36.8 Å². The van der Waals surface area contributed by atoms with Gasteiger partial charge in [0.25, 0.3) is 5.56 Å². The van der Waals surface area contributed by atoms with E-state index in [1.165, 1.54) is 12.1 Å². The van der Waals surface area contributed by atoms with Crippen molar-refractivity contribution in [2.75, 3.05) is 0 Å². The Labute approximate surface area is 213 Å². The number of halogens is 1. The standard InChI is InChI=1S/C28H28FN7O/c1-3-26(27-32-33-34-36(27)17-20-7-9-24(29)10-8-20)35(16-21-5-4-12-30-15-21)18-23-14-22-13-19(2)6-11-25(22)31-28(23)37/h4-15,26H,3,16-18H2,1-2H3,(H,31,37)/t26-/m1/s1. The van der Waals surface area contributed by atoms with E-state index in [1.807, 2.05) is 43.5 Å². The third-order valence-electron chi connectivity index (χ3n) is 6.49. The number of benzene rings is 2. The number of nitrogens with zero attached hydrogens (tertiary/aromatic N) is 6. The number of rotatable bonds is 9. The van der Waals surface area contributed by atoms with Gasteiger partial charge >= 0.3 is 0 Å². The van der Waals surface area contributed by atoms with Crippen molar-refractivity contribution in [3.8, 4) is 0 Å². The summed E-state index contributed by atoms with van der Waals surface area (Å²) in [6.45, 7) is 5.48. The van der Waals surface area contributed by atoms with Crippen LogP contribution < -0.4 is 5.56 Å². The molecule has 0 radical (unpaired) electrons. The minimum atomic E-state index is -0.287. The van der Waals surface area contributed by atoms with Crippen LogP contribution in [0.15, 0.2) is 77.9 Å². The lowest BCUT2D eigenvalue weighted by molar-refractivity contribution is 0.161. The van der Waals surface area contributed by atoms with Crippen LogP contribution in [0.3, 0.4) is 0 Å². The number of aromatic nitrogens is 6. The lowest BCUT2D eigenvalue weighted by Crippen LogP contribution is -2.32. The van der Waals surface area contributed by atoms with Crippen molar-refractivity contribution in [2.24, 2.45) is 0 Å². The minimum Gasteiger partial charge on any atom is -0.322 e. The van der Waals surface area contributed by atoms with Gasteiger partial charge in [-0.25, -0.2) is 9.07 Å². The summed E-state index contributed by atoms with van der Waals surface area (Å²) < 4.78 is 15.2. The van der Waals surface area contributed by atoms with Crippen LogP contribution in [-0.4, -0.2) is 35.1 Å². The van der Waals surface area contributed by atoms with Crippen LogP contribution in [0, 0.1) is 12.7 Å². The van der Waals surface area contributed by atoms with Gasteiger partial charge in [-0.05, 0) is 76.7 Å². The van der Waals surface area contributed by atoms with Crippen molar-refractivity contribution >= 4 is 10.9 Å². The first-order valence-electron chi connectivity index (χ1n) is 12.3. The van der Waals surface area contributed by atoms with E-state index < -0.39 is 0 Å². The number of pyridine rings is 2. The van der Waals surface area contributed by atoms with E-state index in [4.69, 9.17) is 0 Å². The SMILES string of the molecule is CC[C@H](c1nnnn1Cc1ccc(F)cc1)N(Cc1cccnc1)Cc1cc2cc(C)ccc2[nH]c1=O. The van der Waals surface area contributed by atoms with Gasteiger partial charge in [0.15, 0.2) is 5.82 Å². The topological polar surface area (TPSA) is 92.6 Å². The molecule has 0 saturated carbocycles. The molecule has 9 heteroatoms. The summed E-state index contributed by atoms with van der Waals surface area (Å²) in [7, 11) is 0. The Morgan fingerprint density at radius 2 is 1.89 bits per heavy atom. The van der Waals surface area contributed by atoms with E-state index in [1.54, 1.807) is 23.0 Å². The fourth-order valence-corrected chi connectivity index (χ4v) is 4.64. The quantitative estimate of drug-likeness (QED) is 0.321. The Balaban J connectivity index is 1.51. The maximum atomic E-state index is 13.4. The highest BCUT2D eigenvalue weighted by Gasteiger charge is 2.26. The number of tetrazole rings is 1. The predicted molar refractivity (Wildman–Crippen MR) is 139 cm³/mol. The Morgan fingerprint density at radius 3 is 2.65 bits per heavy atom. The van der Waals surface area contributed by atoms with Crippen molar-refractivity contribution in [1.82, 2.24) is 35.1 Å². The molecule has 0 saturated heterocycles. The van der Waals surface area contributed by atoms with Crippen LogP contribution in [0.5, 0.6) is 0 Å². The van der Waals surface area contributed by atoms with Crippen molar-refractivity contribution in [3.63, 3.8) is 0 Å². The zero-order chi connectivity index (χ0) is 25.8. The molecule has 0 aliphatic carbocycles. The summed E-state index contributed by atoms with van der Waals surface area (Å²) in [5, 5.41) is 13.5. The summed E-state index contributed by atoms with van der Waals surface area (Å²) in [5.74, 6) is 0.398. The lowest BCUT2D eigenvalue weighted by Gasteiger charge is -2.30. The van der Waals surface area contributed by atoms with Gasteiger partial charge in [0, 0.05) is 36.6 Å². The van der Waals surface area contributed by atoms with E-state index in [-0.39, 0.29) is 17.4 Å². The first-order valence-corrected chi connectivity index (χ1v) is 12.3.